The Hall–Kier alpha value is -1.04. The van der Waals surface area contributed by atoms with Crippen LogP contribution in [0.4, 0.5) is 0 Å². The van der Waals surface area contributed by atoms with Gasteiger partial charge in [0.25, 0.3) is 0 Å². The average Bonchev–Trinajstić information content (AvgIpc) is 2.82. The Morgan fingerprint density at radius 1 is 1.12 bits per heavy atom. The Bertz CT molecular complexity index is 452. The zero-order chi connectivity index (χ0) is 11.9. The third kappa shape index (κ3) is 1.84. The van der Waals surface area contributed by atoms with Crippen LogP contribution in [0.25, 0.3) is 0 Å². The van der Waals surface area contributed by atoms with E-state index < -0.39 is 0 Å². The molecule has 3 aliphatic carbocycles. The molecule has 0 spiro atoms. The van der Waals surface area contributed by atoms with Gasteiger partial charge in [-0.05, 0) is 66.2 Å². The molecule has 0 N–H and O–H groups in total. The maximum absolute atomic E-state index is 2.49. The van der Waals surface area contributed by atoms with Crippen LogP contribution in [-0.4, -0.2) is 0 Å². The quantitative estimate of drug-likeness (QED) is 0.583. The summed E-state index contributed by atoms with van der Waals surface area (Å²) in [6.07, 6.45) is 17.3. The molecule has 90 valence electrons. The minimum Gasteiger partial charge on any atom is -0.0804 e. The maximum Gasteiger partial charge on any atom is -0.00978 e. The summed E-state index contributed by atoms with van der Waals surface area (Å²) in [5.74, 6) is 0. The SMILES string of the molecule is CC1(C)CCC=C1C1=CCC=CC2=C1CCC2. The first-order chi connectivity index (χ1) is 8.18. The van der Waals surface area contributed by atoms with Crippen LogP contribution in [0, 0.1) is 5.41 Å². The van der Waals surface area contributed by atoms with E-state index in [0.29, 0.717) is 5.41 Å². The Morgan fingerprint density at radius 2 is 2.00 bits per heavy atom. The lowest BCUT2D eigenvalue weighted by atomic mass is 9.79. The first-order valence-electron chi connectivity index (χ1n) is 6.98. The van der Waals surface area contributed by atoms with Gasteiger partial charge in [0, 0.05) is 0 Å². The van der Waals surface area contributed by atoms with Crippen molar-refractivity contribution in [2.24, 2.45) is 5.41 Å². The van der Waals surface area contributed by atoms with Gasteiger partial charge in [0.15, 0.2) is 0 Å². The third-order valence-electron chi connectivity index (χ3n) is 4.50. The fourth-order valence-corrected chi connectivity index (χ4v) is 3.51. The fraction of sp³-hybridized carbons (Fsp3) is 0.529. The van der Waals surface area contributed by atoms with Gasteiger partial charge in [-0.3, -0.25) is 0 Å². The van der Waals surface area contributed by atoms with E-state index in [1.165, 1.54) is 32.1 Å². The van der Waals surface area contributed by atoms with Crippen molar-refractivity contribution in [1.29, 1.82) is 0 Å². The molecule has 0 radical (unpaired) electrons. The Morgan fingerprint density at radius 3 is 2.76 bits per heavy atom. The van der Waals surface area contributed by atoms with Crippen molar-refractivity contribution >= 4 is 0 Å². The molecule has 3 rings (SSSR count). The van der Waals surface area contributed by atoms with E-state index in [1.807, 2.05) is 0 Å². The van der Waals surface area contributed by atoms with E-state index >= 15 is 0 Å². The minimum absolute atomic E-state index is 0.386. The minimum atomic E-state index is 0.386. The monoisotopic (exact) mass is 226 g/mol. The predicted molar refractivity (Wildman–Crippen MR) is 73.8 cm³/mol. The second-order valence-corrected chi connectivity index (χ2v) is 6.15. The maximum atomic E-state index is 2.49. The molecule has 0 nitrogen and oxygen atoms in total. The van der Waals surface area contributed by atoms with E-state index in [0.717, 1.165) is 6.42 Å². The highest BCUT2D eigenvalue weighted by molar-refractivity contribution is 5.56. The molecule has 3 aliphatic rings. The van der Waals surface area contributed by atoms with Crippen molar-refractivity contribution < 1.29 is 0 Å². The Labute approximate surface area is 105 Å². The van der Waals surface area contributed by atoms with Gasteiger partial charge in [-0.25, -0.2) is 0 Å². The van der Waals surface area contributed by atoms with E-state index in [-0.39, 0.29) is 0 Å². The number of rotatable bonds is 1. The highest BCUT2D eigenvalue weighted by atomic mass is 14.4. The van der Waals surface area contributed by atoms with Crippen molar-refractivity contribution in [1.82, 2.24) is 0 Å². The molecule has 0 aromatic heterocycles. The normalized spacial score (nSPS) is 26.7. The summed E-state index contributed by atoms with van der Waals surface area (Å²) in [6.45, 7) is 4.81. The predicted octanol–water partition coefficient (Wildman–Crippen LogP) is 5.10. The molecular formula is C17H22. The van der Waals surface area contributed by atoms with Crippen LogP contribution in [0.5, 0.6) is 0 Å². The summed E-state index contributed by atoms with van der Waals surface area (Å²) in [4.78, 5) is 0. The largest absolute Gasteiger partial charge is 0.0804 e. The number of allylic oxidation sites excluding steroid dienone is 8. The zero-order valence-electron chi connectivity index (χ0n) is 11.1. The van der Waals surface area contributed by atoms with Gasteiger partial charge < -0.3 is 0 Å². The third-order valence-corrected chi connectivity index (χ3v) is 4.50. The molecule has 0 aromatic rings. The molecule has 0 unspecified atom stereocenters. The van der Waals surface area contributed by atoms with E-state index in [2.05, 4.69) is 38.2 Å². The molecule has 0 bridgehead atoms. The van der Waals surface area contributed by atoms with Gasteiger partial charge >= 0.3 is 0 Å². The van der Waals surface area contributed by atoms with Gasteiger partial charge in [0.05, 0.1) is 0 Å². The lowest BCUT2D eigenvalue weighted by Crippen LogP contribution is -2.12. The topological polar surface area (TPSA) is 0 Å². The lowest BCUT2D eigenvalue weighted by molar-refractivity contribution is 0.448. The zero-order valence-corrected chi connectivity index (χ0v) is 11.1. The van der Waals surface area contributed by atoms with E-state index in [1.54, 1.807) is 22.3 Å². The Balaban J connectivity index is 2.03. The average molecular weight is 226 g/mol. The van der Waals surface area contributed by atoms with Gasteiger partial charge in [-0.2, -0.15) is 0 Å². The van der Waals surface area contributed by atoms with Gasteiger partial charge in [-0.15, -0.1) is 0 Å². The highest BCUT2D eigenvalue weighted by Gasteiger charge is 2.32. The van der Waals surface area contributed by atoms with Gasteiger partial charge in [0.2, 0.25) is 0 Å². The summed E-state index contributed by atoms with van der Waals surface area (Å²) in [7, 11) is 0. The van der Waals surface area contributed by atoms with Crippen molar-refractivity contribution in [3.63, 3.8) is 0 Å². The van der Waals surface area contributed by atoms with E-state index in [9.17, 15) is 0 Å². The van der Waals surface area contributed by atoms with Crippen molar-refractivity contribution in [3.8, 4) is 0 Å². The van der Waals surface area contributed by atoms with E-state index in [4.69, 9.17) is 0 Å². The summed E-state index contributed by atoms with van der Waals surface area (Å²) in [6, 6.07) is 0. The number of hydrogen-bond donors (Lipinski definition) is 0. The van der Waals surface area contributed by atoms with Crippen LogP contribution in [0.1, 0.15) is 52.4 Å². The van der Waals surface area contributed by atoms with Crippen LogP contribution in [0.3, 0.4) is 0 Å². The molecular weight excluding hydrogens is 204 g/mol. The standard InChI is InChI=1S/C17H22/c1-17(2)12-6-11-16(17)15-9-4-3-7-13-8-5-10-14(13)15/h3,7,9,11H,4-6,8,10,12H2,1-2H3. The lowest BCUT2D eigenvalue weighted by Gasteiger charge is -2.26. The molecule has 0 heteroatoms. The smallest absolute Gasteiger partial charge is 0.00978 e. The van der Waals surface area contributed by atoms with Crippen LogP contribution in [-0.2, 0) is 0 Å². The summed E-state index contributed by atoms with van der Waals surface area (Å²) in [5, 5.41) is 0. The van der Waals surface area contributed by atoms with Gasteiger partial charge in [0.1, 0.15) is 0 Å². The molecule has 0 aliphatic heterocycles. The van der Waals surface area contributed by atoms with Crippen LogP contribution in [0.15, 0.2) is 46.6 Å². The second-order valence-electron chi connectivity index (χ2n) is 6.15. The first-order valence-corrected chi connectivity index (χ1v) is 6.98. The summed E-state index contributed by atoms with van der Waals surface area (Å²) >= 11 is 0. The molecule has 0 amide bonds. The molecule has 0 saturated carbocycles. The van der Waals surface area contributed by atoms with Crippen molar-refractivity contribution in [2.45, 2.75) is 52.4 Å². The molecule has 0 saturated heterocycles. The van der Waals surface area contributed by atoms with Crippen LogP contribution in [0.2, 0.25) is 0 Å². The second kappa shape index (κ2) is 4.01. The Kier molecular flexibility index (Phi) is 2.61. The fourth-order valence-electron chi connectivity index (χ4n) is 3.51. The molecule has 0 atom stereocenters. The molecule has 0 aromatic carbocycles. The number of hydrogen-bond acceptors (Lipinski definition) is 0. The molecule has 17 heavy (non-hydrogen) atoms. The highest BCUT2D eigenvalue weighted by Crippen LogP contribution is 2.47. The summed E-state index contributed by atoms with van der Waals surface area (Å²) < 4.78 is 0. The van der Waals surface area contributed by atoms with Crippen molar-refractivity contribution in [3.05, 3.63) is 46.6 Å². The summed E-state index contributed by atoms with van der Waals surface area (Å²) in [5.41, 5.74) is 6.86. The van der Waals surface area contributed by atoms with Crippen LogP contribution < -0.4 is 0 Å². The van der Waals surface area contributed by atoms with Crippen LogP contribution >= 0.6 is 0 Å². The molecule has 0 fully saturated rings. The first kappa shape index (κ1) is 11.1. The van der Waals surface area contributed by atoms with Crippen molar-refractivity contribution in [2.75, 3.05) is 0 Å². The van der Waals surface area contributed by atoms with Gasteiger partial charge in [-0.1, -0.05) is 38.2 Å². The molecule has 0 heterocycles.